The maximum atomic E-state index is 12.7. The van der Waals surface area contributed by atoms with Crippen molar-refractivity contribution >= 4 is 5.91 Å². The van der Waals surface area contributed by atoms with Crippen molar-refractivity contribution in [2.24, 2.45) is 17.3 Å². The maximum absolute atomic E-state index is 12.7. The molecular formula is C17H32N2O. The van der Waals surface area contributed by atoms with Crippen LogP contribution in [0.25, 0.3) is 0 Å². The van der Waals surface area contributed by atoms with Gasteiger partial charge in [0.2, 0.25) is 5.91 Å². The molecule has 0 aromatic heterocycles. The lowest BCUT2D eigenvalue weighted by Crippen LogP contribution is -2.46. The fourth-order valence-electron chi connectivity index (χ4n) is 3.57. The van der Waals surface area contributed by atoms with Crippen LogP contribution < -0.4 is 5.32 Å². The van der Waals surface area contributed by atoms with Gasteiger partial charge in [-0.1, -0.05) is 41.0 Å². The third kappa shape index (κ3) is 3.55. The van der Waals surface area contributed by atoms with E-state index < -0.39 is 0 Å². The minimum atomic E-state index is 0.0439. The first-order chi connectivity index (χ1) is 9.31. The van der Waals surface area contributed by atoms with Crippen molar-refractivity contribution in [3.05, 3.63) is 0 Å². The SMILES string of the molecule is CC(C)CC1NC(CC(C)C)N(CC2(C)CCC2)C1=O. The van der Waals surface area contributed by atoms with Gasteiger partial charge in [-0.15, -0.1) is 0 Å². The van der Waals surface area contributed by atoms with Gasteiger partial charge in [-0.3, -0.25) is 10.1 Å². The highest BCUT2D eigenvalue weighted by Crippen LogP contribution is 2.42. The van der Waals surface area contributed by atoms with Gasteiger partial charge in [0.15, 0.2) is 0 Å². The number of hydrogen-bond acceptors (Lipinski definition) is 2. The Labute approximate surface area is 124 Å². The van der Waals surface area contributed by atoms with Crippen molar-refractivity contribution in [2.45, 2.75) is 78.9 Å². The van der Waals surface area contributed by atoms with Crippen LogP contribution in [0.4, 0.5) is 0 Å². The molecule has 1 heterocycles. The van der Waals surface area contributed by atoms with E-state index >= 15 is 0 Å². The second-order valence-corrected chi connectivity index (χ2v) is 8.12. The molecule has 3 heteroatoms. The Hall–Kier alpha value is -0.570. The summed E-state index contributed by atoms with van der Waals surface area (Å²) in [6, 6.07) is 0.0439. The first kappa shape index (κ1) is 15.8. The Bertz CT molecular complexity index is 347. The van der Waals surface area contributed by atoms with Gasteiger partial charge in [-0.2, -0.15) is 0 Å². The third-order valence-electron chi connectivity index (χ3n) is 4.87. The van der Waals surface area contributed by atoms with E-state index in [9.17, 15) is 4.79 Å². The first-order valence-electron chi connectivity index (χ1n) is 8.37. The molecule has 20 heavy (non-hydrogen) atoms. The molecule has 1 aliphatic heterocycles. The lowest BCUT2D eigenvalue weighted by Gasteiger charge is -2.42. The predicted molar refractivity (Wildman–Crippen MR) is 83.3 cm³/mol. The number of nitrogens with one attached hydrogen (secondary N) is 1. The summed E-state index contributed by atoms with van der Waals surface area (Å²) in [5, 5.41) is 3.60. The first-order valence-corrected chi connectivity index (χ1v) is 8.37. The van der Waals surface area contributed by atoms with Gasteiger partial charge < -0.3 is 4.90 Å². The molecule has 1 saturated heterocycles. The van der Waals surface area contributed by atoms with E-state index in [1.807, 2.05) is 0 Å². The molecule has 116 valence electrons. The fraction of sp³-hybridized carbons (Fsp3) is 0.941. The molecule has 3 nitrogen and oxygen atoms in total. The van der Waals surface area contributed by atoms with E-state index in [-0.39, 0.29) is 12.2 Å². The summed E-state index contributed by atoms with van der Waals surface area (Å²) in [5.74, 6) is 1.53. The Balaban J connectivity index is 2.05. The molecule has 2 aliphatic rings. The smallest absolute Gasteiger partial charge is 0.241 e. The lowest BCUT2D eigenvalue weighted by molar-refractivity contribution is -0.132. The van der Waals surface area contributed by atoms with Gasteiger partial charge in [0.1, 0.15) is 0 Å². The van der Waals surface area contributed by atoms with Gasteiger partial charge in [-0.05, 0) is 42.9 Å². The zero-order valence-corrected chi connectivity index (χ0v) is 13.9. The predicted octanol–water partition coefficient (Wildman–Crippen LogP) is 3.40. The van der Waals surface area contributed by atoms with Gasteiger partial charge >= 0.3 is 0 Å². The summed E-state index contributed by atoms with van der Waals surface area (Å²) in [5.41, 5.74) is 0.374. The second-order valence-electron chi connectivity index (χ2n) is 8.12. The molecule has 0 radical (unpaired) electrons. The highest BCUT2D eigenvalue weighted by atomic mass is 16.2. The van der Waals surface area contributed by atoms with Crippen molar-refractivity contribution in [3.8, 4) is 0 Å². The molecule has 0 spiro atoms. The van der Waals surface area contributed by atoms with Crippen LogP contribution in [-0.2, 0) is 4.79 Å². The van der Waals surface area contributed by atoms with Crippen LogP contribution in [0.5, 0.6) is 0 Å². The van der Waals surface area contributed by atoms with Crippen LogP contribution >= 0.6 is 0 Å². The van der Waals surface area contributed by atoms with Crippen molar-refractivity contribution in [3.63, 3.8) is 0 Å². The summed E-state index contributed by atoms with van der Waals surface area (Å²) in [6.07, 6.45) is 6.16. The van der Waals surface area contributed by atoms with Gasteiger partial charge in [0, 0.05) is 6.54 Å². The average Bonchev–Trinajstić information content (AvgIpc) is 2.54. The van der Waals surface area contributed by atoms with Crippen LogP contribution in [0, 0.1) is 17.3 Å². The summed E-state index contributed by atoms with van der Waals surface area (Å²) in [4.78, 5) is 14.9. The van der Waals surface area contributed by atoms with E-state index in [0.717, 1.165) is 19.4 Å². The Morgan fingerprint density at radius 1 is 1.20 bits per heavy atom. The second kappa shape index (κ2) is 6.05. The molecule has 1 amide bonds. The molecule has 0 bridgehead atoms. The van der Waals surface area contributed by atoms with Crippen LogP contribution in [0.2, 0.25) is 0 Å². The zero-order valence-electron chi connectivity index (χ0n) is 13.9. The molecule has 2 atom stereocenters. The topological polar surface area (TPSA) is 32.3 Å². The van der Waals surface area contributed by atoms with Crippen LogP contribution in [0.15, 0.2) is 0 Å². The van der Waals surface area contributed by atoms with Crippen molar-refractivity contribution in [2.75, 3.05) is 6.54 Å². The molecular weight excluding hydrogens is 248 g/mol. The molecule has 1 saturated carbocycles. The monoisotopic (exact) mass is 280 g/mol. The van der Waals surface area contributed by atoms with E-state index in [2.05, 4.69) is 44.8 Å². The summed E-state index contributed by atoms with van der Waals surface area (Å²) in [7, 11) is 0. The number of rotatable bonds is 6. The highest BCUT2D eigenvalue weighted by molar-refractivity contribution is 5.84. The summed E-state index contributed by atoms with van der Waals surface area (Å²) in [6.45, 7) is 12.2. The van der Waals surface area contributed by atoms with E-state index in [1.165, 1.54) is 19.3 Å². The fourth-order valence-corrected chi connectivity index (χ4v) is 3.57. The standard InChI is InChI=1S/C17H32N2O/c1-12(2)9-14-16(20)19(11-17(5)7-6-8-17)15(18-14)10-13(3)4/h12-15,18H,6-11H2,1-5H3. The summed E-state index contributed by atoms with van der Waals surface area (Å²) < 4.78 is 0. The van der Waals surface area contributed by atoms with Gasteiger partial charge in [-0.25, -0.2) is 0 Å². The Morgan fingerprint density at radius 2 is 1.80 bits per heavy atom. The molecule has 1 N–H and O–H groups in total. The number of hydrogen-bond donors (Lipinski definition) is 1. The number of carbonyl (C=O) groups is 1. The molecule has 0 aromatic carbocycles. The normalized spacial score (nSPS) is 29.4. The van der Waals surface area contributed by atoms with Crippen molar-refractivity contribution in [1.29, 1.82) is 0 Å². The summed E-state index contributed by atoms with van der Waals surface area (Å²) >= 11 is 0. The molecule has 2 unspecified atom stereocenters. The van der Waals surface area contributed by atoms with E-state index in [1.54, 1.807) is 0 Å². The number of amides is 1. The molecule has 2 rings (SSSR count). The average molecular weight is 280 g/mol. The van der Waals surface area contributed by atoms with Gasteiger partial charge in [0.05, 0.1) is 12.2 Å². The van der Waals surface area contributed by atoms with E-state index in [0.29, 0.717) is 23.2 Å². The van der Waals surface area contributed by atoms with Crippen molar-refractivity contribution < 1.29 is 4.79 Å². The van der Waals surface area contributed by atoms with Gasteiger partial charge in [0.25, 0.3) is 0 Å². The number of nitrogens with zero attached hydrogens (tertiary/aromatic N) is 1. The van der Waals surface area contributed by atoms with Crippen LogP contribution in [0.1, 0.15) is 66.7 Å². The lowest BCUT2D eigenvalue weighted by atomic mass is 9.70. The molecule has 2 fully saturated rings. The van der Waals surface area contributed by atoms with Crippen molar-refractivity contribution in [1.82, 2.24) is 10.2 Å². The van der Waals surface area contributed by atoms with Crippen LogP contribution in [-0.4, -0.2) is 29.6 Å². The molecule has 1 aliphatic carbocycles. The van der Waals surface area contributed by atoms with Crippen LogP contribution in [0.3, 0.4) is 0 Å². The largest absolute Gasteiger partial charge is 0.325 e. The number of carbonyl (C=O) groups excluding carboxylic acids is 1. The third-order valence-corrected chi connectivity index (χ3v) is 4.87. The Kier molecular flexibility index (Phi) is 4.78. The zero-order chi connectivity index (χ0) is 14.9. The Morgan fingerprint density at radius 3 is 2.25 bits per heavy atom. The van der Waals surface area contributed by atoms with E-state index in [4.69, 9.17) is 0 Å². The molecule has 0 aromatic rings. The minimum Gasteiger partial charge on any atom is -0.325 e. The maximum Gasteiger partial charge on any atom is 0.241 e. The highest BCUT2D eigenvalue weighted by Gasteiger charge is 2.43. The minimum absolute atomic E-state index is 0.0439. The quantitative estimate of drug-likeness (QED) is 0.809.